The van der Waals surface area contributed by atoms with Crippen LogP contribution in [0.5, 0.6) is 0 Å². The van der Waals surface area contributed by atoms with Crippen molar-refractivity contribution in [2.24, 2.45) is 0 Å². The average molecular weight is 593 g/mol. The number of sulfonamides is 1. The molecule has 37 heavy (non-hydrogen) atoms. The first-order chi connectivity index (χ1) is 17.4. The normalized spacial score (nSPS) is 15.2. The molecule has 0 aromatic heterocycles. The van der Waals surface area contributed by atoms with Crippen molar-refractivity contribution in [1.29, 1.82) is 0 Å². The van der Waals surface area contributed by atoms with Gasteiger partial charge in [0.2, 0.25) is 21.8 Å². The Balaban J connectivity index is 1.93. The Morgan fingerprint density at radius 3 is 2.30 bits per heavy atom. The molecule has 1 saturated carbocycles. The quantitative estimate of drug-likeness (QED) is 0.394. The monoisotopic (exact) mass is 591 g/mol. The third-order valence-electron chi connectivity index (χ3n) is 6.36. The molecule has 1 fully saturated rings. The zero-order chi connectivity index (χ0) is 27.3. The molecule has 0 saturated heterocycles. The molecule has 0 radical (unpaired) electrons. The van der Waals surface area contributed by atoms with E-state index in [-0.39, 0.29) is 38.9 Å². The third-order valence-corrected chi connectivity index (χ3v) is 8.51. The summed E-state index contributed by atoms with van der Waals surface area (Å²) in [6.07, 6.45) is 5.72. The van der Waals surface area contributed by atoms with E-state index in [4.69, 9.17) is 34.8 Å². The first-order valence-corrected chi connectivity index (χ1v) is 14.8. The van der Waals surface area contributed by atoms with Crippen molar-refractivity contribution >= 4 is 62.3 Å². The topological polar surface area (TPSA) is 86.8 Å². The molecule has 202 valence electrons. The van der Waals surface area contributed by atoms with E-state index in [1.54, 1.807) is 6.07 Å². The van der Waals surface area contributed by atoms with Crippen molar-refractivity contribution in [3.63, 3.8) is 0 Å². The Kier molecular flexibility index (Phi) is 10.1. The minimum absolute atomic E-state index is 0.00310. The number of amides is 2. The predicted octanol–water partition coefficient (Wildman–Crippen LogP) is 5.42. The van der Waals surface area contributed by atoms with E-state index in [2.05, 4.69) is 5.32 Å². The summed E-state index contributed by atoms with van der Waals surface area (Å²) >= 11 is 18.3. The number of benzene rings is 2. The Labute approximate surface area is 231 Å². The Bertz CT molecular complexity index is 1260. The molecule has 0 spiro atoms. The second-order valence-electron chi connectivity index (χ2n) is 9.12. The van der Waals surface area contributed by atoms with Gasteiger partial charge in [0.15, 0.2) is 0 Å². The van der Waals surface area contributed by atoms with Crippen LogP contribution in [0.1, 0.15) is 44.6 Å². The molecule has 1 aliphatic rings. The lowest BCUT2D eigenvalue weighted by Crippen LogP contribution is -2.53. The van der Waals surface area contributed by atoms with Crippen LogP contribution in [0.2, 0.25) is 15.1 Å². The van der Waals surface area contributed by atoms with Gasteiger partial charge in [-0.25, -0.2) is 12.8 Å². The SMILES string of the molecule is CC(C(=O)NC1CCCCC1)N(Cc1ccccc1F)C(=O)CN(c1cc(Cl)c(Cl)cc1Cl)S(C)(=O)=O. The van der Waals surface area contributed by atoms with Crippen molar-refractivity contribution in [2.45, 2.75) is 57.7 Å². The van der Waals surface area contributed by atoms with Crippen LogP contribution in [0.3, 0.4) is 0 Å². The number of anilines is 1. The predicted molar refractivity (Wildman–Crippen MR) is 145 cm³/mol. The lowest BCUT2D eigenvalue weighted by Gasteiger charge is -2.33. The molecular formula is C25H29Cl3FN3O4S. The highest BCUT2D eigenvalue weighted by atomic mass is 35.5. The molecule has 1 aliphatic carbocycles. The molecule has 12 heteroatoms. The van der Waals surface area contributed by atoms with Crippen LogP contribution in [0.15, 0.2) is 36.4 Å². The molecule has 7 nitrogen and oxygen atoms in total. The zero-order valence-electron chi connectivity index (χ0n) is 20.5. The van der Waals surface area contributed by atoms with Crippen molar-refractivity contribution in [2.75, 3.05) is 17.1 Å². The van der Waals surface area contributed by atoms with Gasteiger partial charge in [0, 0.05) is 18.2 Å². The Morgan fingerprint density at radius 1 is 1.05 bits per heavy atom. The fourth-order valence-electron chi connectivity index (χ4n) is 4.26. The molecule has 0 bridgehead atoms. The summed E-state index contributed by atoms with van der Waals surface area (Å²) in [4.78, 5) is 27.9. The molecular weight excluding hydrogens is 564 g/mol. The van der Waals surface area contributed by atoms with Crippen LogP contribution in [0.4, 0.5) is 10.1 Å². The van der Waals surface area contributed by atoms with E-state index in [1.165, 1.54) is 42.2 Å². The third kappa shape index (κ3) is 7.72. The van der Waals surface area contributed by atoms with Crippen LogP contribution in [-0.2, 0) is 26.2 Å². The Morgan fingerprint density at radius 2 is 1.68 bits per heavy atom. The molecule has 2 aromatic rings. The molecule has 0 aliphatic heterocycles. The van der Waals surface area contributed by atoms with E-state index in [1.807, 2.05) is 0 Å². The van der Waals surface area contributed by atoms with Crippen molar-refractivity contribution in [1.82, 2.24) is 10.2 Å². The largest absolute Gasteiger partial charge is 0.352 e. The number of hydrogen-bond donors (Lipinski definition) is 1. The minimum atomic E-state index is -4.02. The summed E-state index contributed by atoms with van der Waals surface area (Å²) in [6.45, 7) is 0.608. The van der Waals surface area contributed by atoms with Crippen molar-refractivity contribution in [3.8, 4) is 0 Å². The standard InChI is InChI=1S/C25H29Cl3FN3O4S/c1-16(25(34)30-18-9-4-3-5-10-18)31(14-17-8-6-7-11-22(17)29)24(33)15-32(37(2,35)36)23-13-20(27)19(26)12-21(23)28/h6-8,11-13,16,18H,3-5,9-10,14-15H2,1-2H3,(H,30,34). The summed E-state index contributed by atoms with van der Waals surface area (Å²) in [5.41, 5.74) is 0.142. The number of nitrogens with one attached hydrogen (secondary N) is 1. The van der Waals surface area contributed by atoms with Crippen LogP contribution in [0.25, 0.3) is 0 Å². The highest BCUT2D eigenvalue weighted by Gasteiger charge is 2.32. The fraction of sp³-hybridized carbons (Fsp3) is 0.440. The second kappa shape index (κ2) is 12.7. The molecule has 2 amide bonds. The van der Waals surface area contributed by atoms with Crippen molar-refractivity contribution < 1.29 is 22.4 Å². The maximum Gasteiger partial charge on any atom is 0.244 e. The molecule has 1 N–H and O–H groups in total. The molecule has 2 aromatic carbocycles. The summed E-state index contributed by atoms with van der Waals surface area (Å²) in [5, 5.41) is 3.11. The van der Waals surface area contributed by atoms with Crippen LogP contribution in [-0.4, -0.2) is 50.0 Å². The lowest BCUT2D eigenvalue weighted by molar-refractivity contribution is -0.139. The second-order valence-corrected chi connectivity index (χ2v) is 12.2. The van der Waals surface area contributed by atoms with Gasteiger partial charge in [-0.15, -0.1) is 0 Å². The maximum atomic E-state index is 14.5. The number of rotatable bonds is 9. The van der Waals surface area contributed by atoms with Gasteiger partial charge in [0.1, 0.15) is 18.4 Å². The van der Waals surface area contributed by atoms with E-state index in [9.17, 15) is 22.4 Å². The molecule has 1 atom stereocenters. The first-order valence-electron chi connectivity index (χ1n) is 11.8. The van der Waals surface area contributed by atoms with Gasteiger partial charge >= 0.3 is 0 Å². The summed E-state index contributed by atoms with van der Waals surface area (Å²) in [5.74, 6) is -1.66. The van der Waals surface area contributed by atoms with Gasteiger partial charge in [-0.05, 0) is 38.0 Å². The number of carbonyl (C=O) groups excluding carboxylic acids is 2. The Hall–Kier alpha value is -2.07. The highest BCUT2D eigenvalue weighted by molar-refractivity contribution is 7.92. The summed E-state index contributed by atoms with van der Waals surface area (Å²) in [6, 6.07) is 7.42. The molecule has 3 rings (SSSR count). The van der Waals surface area contributed by atoms with Gasteiger partial charge in [-0.2, -0.15) is 0 Å². The number of nitrogens with zero attached hydrogens (tertiary/aromatic N) is 2. The number of carbonyl (C=O) groups is 2. The van der Waals surface area contributed by atoms with Crippen LogP contribution < -0.4 is 9.62 Å². The molecule has 1 unspecified atom stereocenters. The fourth-order valence-corrected chi connectivity index (χ4v) is 5.81. The van der Waals surface area contributed by atoms with E-state index in [0.717, 1.165) is 42.7 Å². The first kappa shape index (κ1) is 29.5. The van der Waals surface area contributed by atoms with E-state index < -0.39 is 40.2 Å². The van der Waals surface area contributed by atoms with Gasteiger partial charge in [0.05, 0.1) is 27.0 Å². The van der Waals surface area contributed by atoms with Crippen LogP contribution >= 0.6 is 34.8 Å². The average Bonchev–Trinajstić information content (AvgIpc) is 2.84. The van der Waals surface area contributed by atoms with E-state index >= 15 is 0 Å². The van der Waals surface area contributed by atoms with Gasteiger partial charge in [0.25, 0.3) is 0 Å². The summed E-state index contributed by atoms with van der Waals surface area (Å²) in [7, 11) is -4.02. The lowest BCUT2D eigenvalue weighted by atomic mass is 9.95. The zero-order valence-corrected chi connectivity index (χ0v) is 23.6. The van der Waals surface area contributed by atoms with Gasteiger partial charge < -0.3 is 10.2 Å². The number of halogens is 4. The van der Waals surface area contributed by atoms with Gasteiger partial charge in [-0.3, -0.25) is 13.9 Å². The van der Waals surface area contributed by atoms with Crippen LogP contribution in [0, 0.1) is 5.82 Å². The minimum Gasteiger partial charge on any atom is -0.352 e. The smallest absolute Gasteiger partial charge is 0.244 e. The maximum absolute atomic E-state index is 14.5. The van der Waals surface area contributed by atoms with Crippen molar-refractivity contribution in [3.05, 3.63) is 62.8 Å². The summed E-state index contributed by atoms with van der Waals surface area (Å²) < 4.78 is 40.7. The number of hydrogen-bond acceptors (Lipinski definition) is 4. The molecule has 0 heterocycles. The van der Waals surface area contributed by atoms with E-state index in [0.29, 0.717) is 0 Å². The van der Waals surface area contributed by atoms with Gasteiger partial charge in [-0.1, -0.05) is 72.3 Å². The highest BCUT2D eigenvalue weighted by Crippen LogP contribution is 2.35.